The normalized spacial score (nSPS) is 11.9. The molecule has 1 aromatic carbocycles. The lowest BCUT2D eigenvalue weighted by Gasteiger charge is -2.21. The Hall–Kier alpha value is -3.59. The Bertz CT molecular complexity index is 1110. The number of anilines is 3. The Morgan fingerprint density at radius 2 is 1.84 bits per heavy atom. The van der Waals surface area contributed by atoms with Crippen LogP contribution in [0.1, 0.15) is 30.6 Å². The molecule has 2 heterocycles. The van der Waals surface area contributed by atoms with E-state index in [9.17, 15) is 13.6 Å². The Labute approximate surface area is 185 Å². The molecule has 0 aliphatic heterocycles. The third kappa shape index (κ3) is 5.55. The average molecular weight is 440 g/mol. The zero-order chi connectivity index (χ0) is 23.3. The number of nitrogens with two attached hydrogens (primary N) is 2. The first-order valence-electron chi connectivity index (χ1n) is 10.2. The molecule has 0 radical (unpaired) electrons. The lowest BCUT2D eigenvalue weighted by molar-refractivity contribution is 0.100. The lowest BCUT2D eigenvalue weighted by atomic mass is 10.0. The monoisotopic (exact) mass is 440 g/mol. The van der Waals surface area contributed by atoms with Gasteiger partial charge in [0.05, 0.1) is 17.4 Å². The fourth-order valence-corrected chi connectivity index (χ4v) is 3.34. The van der Waals surface area contributed by atoms with E-state index in [4.69, 9.17) is 11.5 Å². The van der Waals surface area contributed by atoms with E-state index in [2.05, 4.69) is 20.6 Å². The number of halogens is 2. The van der Waals surface area contributed by atoms with Gasteiger partial charge in [0.1, 0.15) is 11.6 Å². The van der Waals surface area contributed by atoms with Gasteiger partial charge in [0.25, 0.3) is 5.91 Å². The highest BCUT2D eigenvalue weighted by atomic mass is 19.1. The number of nitrogens with zero attached hydrogens (tertiary/aromatic N) is 2. The van der Waals surface area contributed by atoms with Gasteiger partial charge in [-0.2, -0.15) is 0 Å². The second-order valence-electron chi connectivity index (χ2n) is 7.85. The zero-order valence-corrected chi connectivity index (χ0v) is 17.9. The largest absolute Gasteiger partial charge is 0.365 e. The van der Waals surface area contributed by atoms with Crippen molar-refractivity contribution in [3.63, 3.8) is 0 Å². The maximum Gasteiger partial charge on any atom is 0.252 e. The molecule has 1 unspecified atom stereocenters. The van der Waals surface area contributed by atoms with Crippen molar-refractivity contribution < 1.29 is 13.6 Å². The first kappa shape index (κ1) is 23.1. The maximum absolute atomic E-state index is 14.6. The Morgan fingerprint density at radius 3 is 2.50 bits per heavy atom. The van der Waals surface area contributed by atoms with Gasteiger partial charge >= 0.3 is 0 Å². The molecule has 0 spiro atoms. The van der Waals surface area contributed by atoms with Gasteiger partial charge < -0.3 is 22.1 Å². The summed E-state index contributed by atoms with van der Waals surface area (Å²) >= 11 is 0. The number of hydrogen-bond donors (Lipinski definition) is 4. The summed E-state index contributed by atoms with van der Waals surface area (Å²) in [5, 5.41) is 5.95. The molecule has 1 atom stereocenters. The Balaban J connectivity index is 1.95. The van der Waals surface area contributed by atoms with Gasteiger partial charge in [-0.1, -0.05) is 32.0 Å². The maximum atomic E-state index is 14.6. The molecule has 32 heavy (non-hydrogen) atoms. The second-order valence-corrected chi connectivity index (χ2v) is 7.85. The van der Waals surface area contributed by atoms with E-state index in [1.165, 1.54) is 18.5 Å². The minimum Gasteiger partial charge on any atom is -0.365 e. The summed E-state index contributed by atoms with van der Waals surface area (Å²) in [6, 6.07) is 8.77. The van der Waals surface area contributed by atoms with E-state index in [1.807, 2.05) is 13.8 Å². The van der Waals surface area contributed by atoms with Crippen molar-refractivity contribution in [3.05, 3.63) is 66.0 Å². The molecule has 2 aromatic heterocycles. The number of benzene rings is 1. The standard InChI is InChI=1S/C23H26F2N6O/c1-13(2)7-15(10-26)29-23-20(25)9-18(21(27)32)22(31-23)30-16-8-14(11-28-12-16)17-5-3-4-6-19(17)24/h3-6,8-9,11-13,15H,7,10,26H2,1-2H3,(H2,27,32)(H2,29,30,31). The lowest BCUT2D eigenvalue weighted by Crippen LogP contribution is -2.31. The molecule has 0 fully saturated rings. The van der Waals surface area contributed by atoms with Crippen molar-refractivity contribution >= 4 is 23.2 Å². The van der Waals surface area contributed by atoms with Crippen LogP contribution >= 0.6 is 0 Å². The molecular weight excluding hydrogens is 414 g/mol. The molecule has 7 nitrogen and oxygen atoms in total. The van der Waals surface area contributed by atoms with Crippen LogP contribution < -0.4 is 22.1 Å². The van der Waals surface area contributed by atoms with Gasteiger partial charge in [0.15, 0.2) is 11.6 Å². The van der Waals surface area contributed by atoms with Crippen LogP contribution in [0.25, 0.3) is 11.1 Å². The van der Waals surface area contributed by atoms with Gasteiger partial charge in [-0.3, -0.25) is 9.78 Å². The molecular formula is C23H26F2N6O. The Kier molecular flexibility index (Phi) is 7.32. The molecule has 0 aliphatic rings. The van der Waals surface area contributed by atoms with Gasteiger partial charge in [0, 0.05) is 29.9 Å². The summed E-state index contributed by atoms with van der Waals surface area (Å²) < 4.78 is 28.8. The van der Waals surface area contributed by atoms with Crippen LogP contribution in [0.5, 0.6) is 0 Å². The Morgan fingerprint density at radius 1 is 1.09 bits per heavy atom. The predicted molar refractivity (Wildman–Crippen MR) is 122 cm³/mol. The number of carbonyl (C=O) groups excluding carboxylic acids is 1. The topological polar surface area (TPSA) is 119 Å². The van der Waals surface area contributed by atoms with Crippen LogP contribution in [0, 0.1) is 17.6 Å². The fraction of sp³-hybridized carbons (Fsp3) is 0.261. The average Bonchev–Trinajstić information content (AvgIpc) is 2.75. The van der Waals surface area contributed by atoms with E-state index >= 15 is 0 Å². The predicted octanol–water partition coefficient (Wildman–Crippen LogP) is 4.05. The van der Waals surface area contributed by atoms with Crippen molar-refractivity contribution in [2.24, 2.45) is 17.4 Å². The quantitative estimate of drug-likeness (QED) is 0.399. The number of carbonyl (C=O) groups is 1. The molecule has 9 heteroatoms. The van der Waals surface area contributed by atoms with Crippen molar-refractivity contribution in [1.29, 1.82) is 0 Å². The van der Waals surface area contributed by atoms with E-state index < -0.39 is 17.5 Å². The number of rotatable bonds is 9. The highest BCUT2D eigenvalue weighted by Gasteiger charge is 2.19. The minimum atomic E-state index is -0.846. The molecule has 0 aliphatic carbocycles. The zero-order valence-electron chi connectivity index (χ0n) is 17.9. The van der Waals surface area contributed by atoms with E-state index in [-0.39, 0.29) is 29.8 Å². The van der Waals surface area contributed by atoms with Crippen molar-refractivity contribution in [1.82, 2.24) is 9.97 Å². The second kappa shape index (κ2) is 10.1. The first-order valence-corrected chi connectivity index (χ1v) is 10.2. The first-order chi connectivity index (χ1) is 15.3. The van der Waals surface area contributed by atoms with E-state index in [0.29, 0.717) is 29.2 Å². The smallest absolute Gasteiger partial charge is 0.252 e. The van der Waals surface area contributed by atoms with Crippen molar-refractivity contribution in [3.8, 4) is 11.1 Å². The van der Waals surface area contributed by atoms with Crippen LogP contribution in [0.3, 0.4) is 0 Å². The summed E-state index contributed by atoms with van der Waals surface area (Å²) in [5.41, 5.74) is 12.4. The van der Waals surface area contributed by atoms with Gasteiger partial charge in [-0.25, -0.2) is 13.8 Å². The molecule has 0 saturated heterocycles. The molecule has 0 bridgehead atoms. The highest BCUT2D eigenvalue weighted by molar-refractivity contribution is 5.98. The highest BCUT2D eigenvalue weighted by Crippen LogP contribution is 2.28. The van der Waals surface area contributed by atoms with E-state index in [0.717, 1.165) is 6.07 Å². The number of primary amides is 1. The van der Waals surface area contributed by atoms with Crippen molar-refractivity contribution in [2.45, 2.75) is 26.3 Å². The number of hydrogen-bond acceptors (Lipinski definition) is 6. The number of aromatic nitrogens is 2. The van der Waals surface area contributed by atoms with Crippen LogP contribution in [-0.4, -0.2) is 28.5 Å². The van der Waals surface area contributed by atoms with Crippen molar-refractivity contribution in [2.75, 3.05) is 17.2 Å². The van der Waals surface area contributed by atoms with Crippen LogP contribution in [0.4, 0.5) is 26.1 Å². The number of amides is 1. The number of nitrogens with one attached hydrogen (secondary N) is 2. The van der Waals surface area contributed by atoms with Crippen LogP contribution in [-0.2, 0) is 0 Å². The molecule has 3 aromatic rings. The number of pyridine rings is 2. The summed E-state index contributed by atoms with van der Waals surface area (Å²) in [7, 11) is 0. The molecule has 168 valence electrons. The van der Waals surface area contributed by atoms with Gasteiger partial charge in [-0.05, 0) is 30.5 Å². The van der Waals surface area contributed by atoms with Gasteiger partial charge in [-0.15, -0.1) is 0 Å². The molecule has 1 amide bonds. The van der Waals surface area contributed by atoms with Crippen LogP contribution in [0.2, 0.25) is 0 Å². The minimum absolute atomic E-state index is 0.0492. The summed E-state index contributed by atoms with van der Waals surface area (Å²) in [5.74, 6) is -1.62. The third-order valence-electron chi connectivity index (χ3n) is 4.81. The fourth-order valence-electron chi connectivity index (χ4n) is 3.34. The summed E-state index contributed by atoms with van der Waals surface area (Å²) in [4.78, 5) is 20.3. The SMILES string of the molecule is CC(C)CC(CN)Nc1nc(Nc2cncc(-c3ccccc3F)c2)c(C(N)=O)cc1F. The molecule has 0 saturated carbocycles. The van der Waals surface area contributed by atoms with E-state index in [1.54, 1.807) is 24.3 Å². The third-order valence-corrected chi connectivity index (χ3v) is 4.81. The van der Waals surface area contributed by atoms with Gasteiger partial charge in [0.2, 0.25) is 0 Å². The summed E-state index contributed by atoms with van der Waals surface area (Å²) in [6.45, 7) is 4.36. The van der Waals surface area contributed by atoms with Crippen LogP contribution in [0.15, 0.2) is 48.8 Å². The summed E-state index contributed by atoms with van der Waals surface area (Å²) in [6.07, 6.45) is 3.71. The molecule has 3 rings (SSSR count). The molecule has 6 N–H and O–H groups in total.